The maximum absolute atomic E-state index is 14.2. The minimum Gasteiger partial charge on any atom is -0.507 e. The zero-order valence-electron chi connectivity index (χ0n) is 25.6. The lowest BCUT2D eigenvalue weighted by atomic mass is 9.99. The maximum Gasteiger partial charge on any atom is 0.239 e. The number of benzene rings is 2. The molecular weight excluding hydrogens is 608 g/mol. The number of rotatable bonds is 8. The van der Waals surface area contributed by atoms with E-state index in [1.165, 1.54) is 14.0 Å². The van der Waals surface area contributed by atoms with Gasteiger partial charge < -0.3 is 63.8 Å². The average molecular weight is 647 g/mol. The van der Waals surface area contributed by atoms with Crippen molar-refractivity contribution in [3.63, 3.8) is 0 Å². The molecule has 14 heteroatoms. The highest BCUT2D eigenvalue weighted by atomic mass is 16.8. The third-order valence-corrected chi connectivity index (χ3v) is 8.01. The van der Waals surface area contributed by atoms with E-state index in [4.69, 9.17) is 28.1 Å². The highest BCUT2D eigenvalue weighted by molar-refractivity contribution is 5.91. The largest absolute Gasteiger partial charge is 0.507 e. The molecule has 2 saturated heterocycles. The van der Waals surface area contributed by atoms with Crippen LogP contribution in [0.3, 0.4) is 0 Å². The van der Waals surface area contributed by atoms with E-state index in [1.807, 2.05) is 19.9 Å². The van der Waals surface area contributed by atoms with Gasteiger partial charge in [-0.2, -0.15) is 0 Å². The first-order valence-electron chi connectivity index (χ1n) is 14.6. The minimum absolute atomic E-state index is 0.0920. The van der Waals surface area contributed by atoms with Crippen LogP contribution in [0.4, 0.5) is 0 Å². The second-order valence-electron chi connectivity index (χ2n) is 11.6. The molecule has 2 fully saturated rings. The molecule has 0 radical (unpaired) electrons. The summed E-state index contributed by atoms with van der Waals surface area (Å²) in [6.45, 7) is 4.76. The van der Waals surface area contributed by atoms with Gasteiger partial charge in [0.15, 0.2) is 18.2 Å². The average Bonchev–Trinajstić information content (AvgIpc) is 3.02. The van der Waals surface area contributed by atoms with Crippen LogP contribution in [-0.2, 0) is 20.6 Å². The van der Waals surface area contributed by atoms with Crippen LogP contribution >= 0.6 is 0 Å². The van der Waals surface area contributed by atoms with Gasteiger partial charge in [0.05, 0.1) is 19.8 Å². The highest BCUT2D eigenvalue weighted by Gasteiger charge is 2.49. The first-order valence-corrected chi connectivity index (χ1v) is 14.6. The molecule has 0 saturated carbocycles. The summed E-state index contributed by atoms with van der Waals surface area (Å²) in [4.78, 5) is 14.2. The normalized spacial score (nSPS) is 29.8. The molecule has 9 atom stereocenters. The van der Waals surface area contributed by atoms with E-state index in [9.17, 15) is 40.5 Å². The van der Waals surface area contributed by atoms with Gasteiger partial charge >= 0.3 is 0 Å². The van der Waals surface area contributed by atoms with Crippen LogP contribution in [0, 0.1) is 0 Å². The molecule has 3 aromatic rings. The summed E-state index contributed by atoms with van der Waals surface area (Å²) < 4.78 is 34.5. The molecule has 250 valence electrons. The molecule has 0 spiro atoms. The Bertz CT molecular complexity index is 1630. The fourth-order valence-corrected chi connectivity index (χ4v) is 5.32. The quantitative estimate of drug-likeness (QED) is 0.170. The van der Waals surface area contributed by atoms with E-state index >= 15 is 0 Å². The number of phenolic OH excluding ortho intramolecular Hbond substituents is 2. The standard InChI is InChI=1S/C32H38O14/c1-13(2)5-10-17-18(33)11-19(34)21-24(38)29(27(44-28(17)21)15-6-8-16(41-4)9-7-15)45-32-30(25(39)22(36)14(3)43-32)46-31-26(40)23(37)20(35)12-42-31/h5-9,11,14,20,22-23,25-26,30-37,39-40H,10,12H2,1-4H3/t14?,20-,22+,23?,25?,26-,30+,31+,32+/m1/s1. The summed E-state index contributed by atoms with van der Waals surface area (Å²) in [6, 6.07) is 7.42. The number of fused-ring (bicyclic) bond motifs is 1. The first-order chi connectivity index (χ1) is 21.8. The molecule has 0 aliphatic carbocycles. The molecule has 2 aliphatic rings. The highest BCUT2D eigenvalue weighted by Crippen LogP contribution is 2.40. The van der Waals surface area contributed by atoms with Crippen molar-refractivity contribution in [2.75, 3.05) is 13.7 Å². The van der Waals surface area contributed by atoms with Crippen LogP contribution in [0.15, 0.2) is 51.2 Å². The Hall–Kier alpha value is -3.73. The monoisotopic (exact) mass is 646 g/mol. The second kappa shape index (κ2) is 13.6. The Kier molecular flexibility index (Phi) is 9.91. The smallest absolute Gasteiger partial charge is 0.239 e. The van der Waals surface area contributed by atoms with Gasteiger partial charge in [-0.1, -0.05) is 11.6 Å². The molecule has 3 unspecified atom stereocenters. The predicted molar refractivity (Wildman–Crippen MR) is 161 cm³/mol. The molecule has 0 bridgehead atoms. The van der Waals surface area contributed by atoms with E-state index in [0.29, 0.717) is 11.3 Å². The van der Waals surface area contributed by atoms with Crippen LogP contribution in [0.1, 0.15) is 26.3 Å². The Labute approximate surface area is 263 Å². The van der Waals surface area contributed by atoms with Crippen molar-refractivity contribution >= 4 is 11.0 Å². The number of aromatic hydroxyl groups is 2. The van der Waals surface area contributed by atoms with Gasteiger partial charge in [-0.05, 0) is 51.5 Å². The zero-order chi connectivity index (χ0) is 33.4. The third kappa shape index (κ3) is 6.43. The molecule has 46 heavy (non-hydrogen) atoms. The molecule has 7 N–H and O–H groups in total. The predicted octanol–water partition coefficient (Wildman–Crippen LogP) is 1.06. The van der Waals surface area contributed by atoms with E-state index in [-0.39, 0.29) is 34.5 Å². The van der Waals surface area contributed by atoms with E-state index < -0.39 is 78.8 Å². The van der Waals surface area contributed by atoms with Gasteiger partial charge in [-0.25, -0.2) is 0 Å². The van der Waals surface area contributed by atoms with E-state index in [1.54, 1.807) is 24.3 Å². The Morgan fingerprint density at radius 1 is 0.957 bits per heavy atom. The summed E-state index contributed by atoms with van der Waals surface area (Å²) in [5.41, 5.74) is 0.550. The molecule has 2 aromatic carbocycles. The van der Waals surface area contributed by atoms with Gasteiger partial charge in [0.2, 0.25) is 17.5 Å². The third-order valence-electron chi connectivity index (χ3n) is 8.01. The van der Waals surface area contributed by atoms with Crippen molar-refractivity contribution in [1.29, 1.82) is 0 Å². The number of aliphatic hydroxyl groups is 5. The van der Waals surface area contributed by atoms with E-state index in [2.05, 4.69) is 0 Å². The SMILES string of the molecule is COc1ccc(-c2oc3c(CC=C(C)C)c(O)cc(O)c3c(=O)c2O[C@@H]2OC(C)[C@H](O)C(O)[C@@H]2O[C@@H]2OC[C@@H](O)C(O)[C@H]2O)cc1. The summed E-state index contributed by atoms with van der Waals surface area (Å²) in [6.07, 6.45) is -11.9. The second-order valence-corrected chi connectivity index (χ2v) is 11.6. The Morgan fingerprint density at radius 2 is 1.65 bits per heavy atom. The van der Waals surface area contributed by atoms with Crippen LogP contribution in [-0.4, -0.2) is 105 Å². The van der Waals surface area contributed by atoms with Gasteiger partial charge in [-0.15, -0.1) is 0 Å². The van der Waals surface area contributed by atoms with Gasteiger partial charge in [-0.3, -0.25) is 4.79 Å². The molecule has 5 rings (SSSR count). The topological polar surface area (TPSA) is 218 Å². The molecule has 1 aromatic heterocycles. The van der Waals surface area contributed by atoms with Crippen molar-refractivity contribution in [1.82, 2.24) is 0 Å². The summed E-state index contributed by atoms with van der Waals surface area (Å²) in [5, 5.41) is 73.3. The van der Waals surface area contributed by atoms with Crippen molar-refractivity contribution in [2.45, 2.75) is 82.5 Å². The Balaban J connectivity index is 1.65. The number of ether oxygens (including phenoxy) is 5. The molecule has 3 heterocycles. The van der Waals surface area contributed by atoms with Crippen molar-refractivity contribution in [3.8, 4) is 34.3 Å². The van der Waals surface area contributed by atoms with Crippen molar-refractivity contribution in [2.24, 2.45) is 0 Å². The number of methoxy groups -OCH3 is 1. The molecular formula is C32H38O14. The Morgan fingerprint density at radius 3 is 2.30 bits per heavy atom. The summed E-state index contributed by atoms with van der Waals surface area (Å²) >= 11 is 0. The van der Waals surface area contributed by atoms with Gasteiger partial charge in [0, 0.05) is 17.2 Å². The number of phenols is 2. The molecule has 14 nitrogen and oxygen atoms in total. The maximum atomic E-state index is 14.2. The first kappa shape index (κ1) is 33.6. The van der Waals surface area contributed by atoms with Crippen molar-refractivity contribution < 1.29 is 63.8 Å². The minimum atomic E-state index is -1.75. The van der Waals surface area contributed by atoms with Crippen molar-refractivity contribution in [3.05, 3.63) is 57.8 Å². The number of hydrogen-bond acceptors (Lipinski definition) is 14. The lowest BCUT2D eigenvalue weighted by molar-refractivity contribution is -0.341. The summed E-state index contributed by atoms with van der Waals surface area (Å²) in [7, 11) is 1.48. The van der Waals surface area contributed by atoms with Gasteiger partial charge in [0.1, 0.15) is 58.7 Å². The number of aliphatic hydroxyl groups excluding tert-OH is 5. The van der Waals surface area contributed by atoms with Crippen LogP contribution in [0.2, 0.25) is 0 Å². The fraction of sp³-hybridized carbons (Fsp3) is 0.469. The fourth-order valence-electron chi connectivity index (χ4n) is 5.32. The lowest BCUT2D eigenvalue weighted by Crippen LogP contribution is -2.62. The number of hydrogen-bond donors (Lipinski definition) is 7. The van der Waals surface area contributed by atoms with Crippen LogP contribution in [0.5, 0.6) is 23.0 Å². The van der Waals surface area contributed by atoms with Crippen LogP contribution in [0.25, 0.3) is 22.3 Å². The van der Waals surface area contributed by atoms with Crippen LogP contribution < -0.4 is 14.9 Å². The summed E-state index contributed by atoms with van der Waals surface area (Å²) in [5.74, 6) is -0.982. The van der Waals surface area contributed by atoms with E-state index in [0.717, 1.165) is 11.6 Å². The molecule has 0 amide bonds. The zero-order valence-corrected chi connectivity index (χ0v) is 25.6. The lowest BCUT2D eigenvalue weighted by Gasteiger charge is -2.44. The number of allylic oxidation sites excluding steroid dienone is 2. The molecule has 2 aliphatic heterocycles. The van der Waals surface area contributed by atoms with Gasteiger partial charge in [0.25, 0.3) is 0 Å².